The van der Waals surface area contributed by atoms with Crippen LogP contribution in [0.5, 0.6) is 5.75 Å². The number of anilines is 4. The molecule has 0 fully saturated rings. The second kappa shape index (κ2) is 9.11. The fourth-order valence-electron chi connectivity index (χ4n) is 2.60. The van der Waals surface area contributed by atoms with Gasteiger partial charge in [0.15, 0.2) is 11.6 Å². The highest BCUT2D eigenvalue weighted by Crippen LogP contribution is 2.30. The number of nitrogens with one attached hydrogen (secondary N) is 2. The van der Waals surface area contributed by atoms with Gasteiger partial charge in [0, 0.05) is 11.6 Å². The maximum absolute atomic E-state index is 14.8. The predicted octanol–water partition coefficient (Wildman–Crippen LogP) is 2.40. The van der Waals surface area contributed by atoms with Gasteiger partial charge in [-0.3, -0.25) is 4.79 Å². The summed E-state index contributed by atoms with van der Waals surface area (Å²) in [5, 5.41) is 2.61. The van der Waals surface area contributed by atoms with Crippen LogP contribution in [0.25, 0.3) is 0 Å². The Bertz CT molecular complexity index is 1260. The van der Waals surface area contributed by atoms with Gasteiger partial charge in [-0.05, 0) is 43.4 Å². The van der Waals surface area contributed by atoms with Gasteiger partial charge in [0.25, 0.3) is 5.95 Å². The molecular weight excluding hydrogens is 446 g/mol. The highest BCUT2D eigenvalue weighted by Gasteiger charge is 2.21. The Kier molecular flexibility index (Phi) is 6.50. The lowest BCUT2D eigenvalue weighted by Gasteiger charge is -2.16. The zero-order valence-electron chi connectivity index (χ0n) is 16.8. The van der Waals surface area contributed by atoms with Crippen LogP contribution in [0.4, 0.5) is 32.0 Å². The van der Waals surface area contributed by atoms with Crippen molar-refractivity contribution in [3.63, 3.8) is 0 Å². The second-order valence-corrected chi connectivity index (χ2v) is 8.11. The number of primary amides is 1. The number of sulfonamides is 1. The molecule has 13 heteroatoms. The monoisotopic (exact) mass is 464 g/mol. The molecule has 0 saturated carbocycles. The van der Waals surface area contributed by atoms with Crippen molar-refractivity contribution in [3.8, 4) is 5.75 Å². The van der Waals surface area contributed by atoms with Gasteiger partial charge in [0.05, 0.1) is 24.7 Å². The minimum Gasteiger partial charge on any atom is -0.497 e. The molecule has 3 rings (SSSR count). The van der Waals surface area contributed by atoms with Gasteiger partial charge in [-0.15, -0.1) is 5.12 Å². The van der Waals surface area contributed by atoms with Gasteiger partial charge in [0.1, 0.15) is 10.6 Å². The van der Waals surface area contributed by atoms with Gasteiger partial charge in [0.2, 0.25) is 15.9 Å². The topological polar surface area (TPSA) is 140 Å². The number of rotatable bonds is 8. The molecule has 0 bridgehead atoms. The van der Waals surface area contributed by atoms with Crippen LogP contribution in [-0.2, 0) is 10.0 Å². The SMILES string of the molecule is CNS(=O)(=O)c1cc(OC)ccc1Nc1nc(N(F)c2ccc(C(N)=O)cc2)ncc1F. The molecule has 0 atom stereocenters. The quantitative estimate of drug-likeness (QED) is 0.432. The molecule has 4 N–H and O–H groups in total. The summed E-state index contributed by atoms with van der Waals surface area (Å²) in [6.45, 7) is 0. The summed E-state index contributed by atoms with van der Waals surface area (Å²) < 4.78 is 61.1. The molecule has 3 aromatic rings. The number of aromatic nitrogens is 2. The van der Waals surface area contributed by atoms with Crippen molar-refractivity contribution in [1.29, 1.82) is 0 Å². The van der Waals surface area contributed by atoms with Crippen LogP contribution in [0.15, 0.2) is 53.6 Å². The number of halogens is 2. The van der Waals surface area contributed by atoms with E-state index in [2.05, 4.69) is 20.0 Å². The number of carbonyl (C=O) groups is 1. The van der Waals surface area contributed by atoms with Crippen LogP contribution in [0.1, 0.15) is 10.4 Å². The zero-order chi connectivity index (χ0) is 23.5. The van der Waals surface area contributed by atoms with Crippen molar-refractivity contribution in [2.24, 2.45) is 5.73 Å². The van der Waals surface area contributed by atoms with Crippen LogP contribution in [-0.4, -0.2) is 38.5 Å². The van der Waals surface area contributed by atoms with Crippen molar-refractivity contribution >= 4 is 39.1 Å². The van der Waals surface area contributed by atoms with E-state index in [1.165, 1.54) is 56.6 Å². The minimum atomic E-state index is -3.96. The summed E-state index contributed by atoms with van der Waals surface area (Å²) in [6.07, 6.45) is 0.727. The predicted molar refractivity (Wildman–Crippen MR) is 113 cm³/mol. The van der Waals surface area contributed by atoms with Gasteiger partial charge in [-0.2, -0.15) is 4.98 Å². The summed E-state index contributed by atoms with van der Waals surface area (Å²) in [6, 6.07) is 9.18. The van der Waals surface area contributed by atoms with Crippen LogP contribution < -0.4 is 25.6 Å². The third-order valence-electron chi connectivity index (χ3n) is 4.29. The van der Waals surface area contributed by atoms with E-state index in [0.717, 1.165) is 6.20 Å². The van der Waals surface area contributed by atoms with Crippen molar-refractivity contribution in [2.75, 3.05) is 24.6 Å². The maximum atomic E-state index is 14.8. The molecule has 10 nitrogen and oxygen atoms in total. The van der Waals surface area contributed by atoms with Crippen molar-refractivity contribution in [1.82, 2.24) is 14.7 Å². The second-order valence-electron chi connectivity index (χ2n) is 6.25. The maximum Gasteiger partial charge on any atom is 0.261 e. The third-order valence-corrected chi connectivity index (χ3v) is 5.74. The summed E-state index contributed by atoms with van der Waals surface area (Å²) >= 11 is 0. The Labute approximate surface area is 182 Å². The average Bonchev–Trinajstić information content (AvgIpc) is 2.80. The van der Waals surface area contributed by atoms with Gasteiger partial charge in [-0.25, -0.2) is 22.5 Å². The van der Waals surface area contributed by atoms with Gasteiger partial charge in [-0.1, -0.05) is 4.48 Å². The first kappa shape index (κ1) is 22.8. The Morgan fingerprint density at radius 2 is 1.88 bits per heavy atom. The van der Waals surface area contributed by atoms with Crippen LogP contribution in [0.3, 0.4) is 0 Å². The third kappa shape index (κ3) is 4.73. The number of hydrogen-bond donors (Lipinski definition) is 3. The average molecular weight is 464 g/mol. The summed E-state index contributed by atoms with van der Waals surface area (Å²) in [4.78, 5) is 18.3. The number of amides is 1. The molecule has 2 aromatic carbocycles. The Morgan fingerprint density at radius 3 is 2.47 bits per heavy atom. The first-order valence-electron chi connectivity index (χ1n) is 8.93. The van der Waals surface area contributed by atoms with E-state index in [4.69, 9.17) is 10.5 Å². The lowest BCUT2D eigenvalue weighted by Crippen LogP contribution is -2.20. The first-order chi connectivity index (χ1) is 15.2. The van der Waals surface area contributed by atoms with Gasteiger partial charge >= 0.3 is 0 Å². The summed E-state index contributed by atoms with van der Waals surface area (Å²) in [7, 11) is -1.38. The number of nitrogens with two attached hydrogens (primary N) is 1. The molecule has 0 saturated heterocycles. The Balaban J connectivity index is 1.97. The highest BCUT2D eigenvalue weighted by molar-refractivity contribution is 7.89. The van der Waals surface area contributed by atoms with Crippen LogP contribution >= 0.6 is 0 Å². The first-order valence-corrected chi connectivity index (χ1v) is 10.4. The Hall–Kier alpha value is -3.84. The number of ether oxygens (including phenoxy) is 1. The molecule has 1 aromatic heterocycles. The smallest absolute Gasteiger partial charge is 0.261 e. The number of methoxy groups -OCH3 is 1. The lowest BCUT2D eigenvalue weighted by atomic mass is 10.2. The molecule has 32 heavy (non-hydrogen) atoms. The van der Waals surface area contributed by atoms with Crippen molar-refractivity contribution < 1.29 is 26.8 Å². The van der Waals surface area contributed by atoms with E-state index >= 15 is 0 Å². The fraction of sp³-hybridized carbons (Fsp3) is 0.105. The van der Waals surface area contributed by atoms with E-state index in [0.29, 0.717) is 0 Å². The molecule has 0 spiro atoms. The van der Waals surface area contributed by atoms with Crippen LogP contribution in [0.2, 0.25) is 0 Å². The minimum absolute atomic E-state index is 0.0279. The molecule has 0 unspecified atom stereocenters. The largest absolute Gasteiger partial charge is 0.497 e. The molecule has 0 aliphatic rings. The molecule has 1 amide bonds. The summed E-state index contributed by atoms with van der Waals surface area (Å²) in [5.74, 6) is -2.38. The van der Waals surface area contributed by atoms with E-state index in [1.807, 2.05) is 0 Å². The van der Waals surface area contributed by atoms with E-state index in [9.17, 15) is 22.1 Å². The zero-order valence-corrected chi connectivity index (χ0v) is 17.7. The normalized spacial score (nSPS) is 11.1. The molecule has 1 heterocycles. The van der Waals surface area contributed by atoms with Gasteiger partial charge < -0.3 is 15.8 Å². The number of benzene rings is 2. The molecule has 168 valence electrons. The standard InChI is InChI=1S/C19H18F2N6O4S/c1-23-32(29,30)16-9-13(31-2)7-8-15(16)25-18-14(20)10-24-19(26-18)27(21)12-5-3-11(4-6-12)17(22)28/h3-10,23H,1-2H3,(H2,22,28)(H,24,25,26). The molecular formula is C19H18F2N6O4S. The molecule has 0 aliphatic heterocycles. The number of carbonyl (C=O) groups excluding carboxylic acids is 1. The fourth-order valence-corrected chi connectivity index (χ4v) is 3.50. The van der Waals surface area contributed by atoms with E-state index < -0.39 is 33.5 Å². The summed E-state index contributed by atoms with van der Waals surface area (Å²) in [5.41, 5.74) is 5.25. The van der Waals surface area contributed by atoms with Crippen molar-refractivity contribution in [2.45, 2.75) is 4.90 Å². The molecule has 0 radical (unpaired) electrons. The van der Waals surface area contributed by atoms with Crippen molar-refractivity contribution in [3.05, 3.63) is 60.0 Å². The van der Waals surface area contributed by atoms with E-state index in [1.54, 1.807) is 0 Å². The Morgan fingerprint density at radius 1 is 1.19 bits per heavy atom. The number of nitrogens with zero attached hydrogens (tertiary/aromatic N) is 3. The number of hydrogen-bond acceptors (Lipinski definition) is 8. The van der Waals surface area contributed by atoms with Crippen LogP contribution in [0, 0.1) is 5.82 Å². The van der Waals surface area contributed by atoms with E-state index in [-0.39, 0.29) is 32.7 Å². The highest BCUT2D eigenvalue weighted by atomic mass is 32.2. The molecule has 0 aliphatic carbocycles. The lowest BCUT2D eigenvalue weighted by molar-refractivity contribution is 0.1000.